The maximum absolute atomic E-state index is 13.8. The molecule has 2 aliphatic rings. The lowest BCUT2D eigenvalue weighted by Crippen LogP contribution is -2.39. The quantitative estimate of drug-likeness (QED) is 0.312. The van der Waals surface area contributed by atoms with Gasteiger partial charge in [0.1, 0.15) is 11.3 Å². The van der Waals surface area contributed by atoms with Crippen LogP contribution >= 0.6 is 0 Å². The van der Waals surface area contributed by atoms with Gasteiger partial charge in [-0.3, -0.25) is 4.79 Å². The molecule has 1 aliphatic carbocycles. The fourth-order valence-electron chi connectivity index (χ4n) is 5.70. The minimum atomic E-state index is -0.0123. The Kier molecular flexibility index (Phi) is 5.24. The number of hydrogen-bond acceptors (Lipinski definition) is 6. The number of benzene rings is 3. The molecule has 0 radical (unpaired) electrons. The molecule has 1 saturated heterocycles. The van der Waals surface area contributed by atoms with E-state index in [1.165, 1.54) is 6.42 Å². The Hall–Kier alpha value is -3.80. The third-order valence-electron chi connectivity index (χ3n) is 7.03. The van der Waals surface area contributed by atoms with E-state index >= 15 is 0 Å². The number of nitrogens with zero attached hydrogens (tertiary/aromatic N) is 2. The molecule has 2 atom stereocenters. The molecular formula is C29H29N3O3. The number of nitrogens with one attached hydrogen (secondary N) is 1. The van der Waals surface area contributed by atoms with Crippen LogP contribution in [0.15, 0.2) is 59.1 Å². The lowest BCUT2D eigenvalue weighted by Gasteiger charge is -2.37. The molecule has 0 bridgehead atoms. The molecule has 35 heavy (non-hydrogen) atoms. The van der Waals surface area contributed by atoms with E-state index in [-0.39, 0.29) is 5.78 Å². The highest BCUT2D eigenvalue weighted by molar-refractivity contribution is 6.28. The molecule has 6 heteroatoms. The Morgan fingerprint density at radius 3 is 2.49 bits per heavy atom. The summed E-state index contributed by atoms with van der Waals surface area (Å²) in [5.41, 5.74) is 5.49. The fourth-order valence-corrected chi connectivity index (χ4v) is 5.70. The number of carbonyl (C=O) groups excluding carboxylic acids is 1. The molecule has 2 heterocycles. The van der Waals surface area contributed by atoms with Gasteiger partial charge in [-0.25, -0.2) is 0 Å². The van der Waals surface area contributed by atoms with Crippen LogP contribution in [0.25, 0.3) is 22.2 Å². The Labute approximate surface area is 204 Å². The third-order valence-corrected chi connectivity index (χ3v) is 7.03. The molecule has 4 aromatic rings. The molecule has 0 amide bonds. The van der Waals surface area contributed by atoms with Gasteiger partial charge in [-0.05, 0) is 55.5 Å². The largest absolute Gasteiger partial charge is 0.494 e. The third kappa shape index (κ3) is 3.64. The van der Waals surface area contributed by atoms with E-state index in [9.17, 15) is 4.79 Å². The van der Waals surface area contributed by atoms with Gasteiger partial charge >= 0.3 is 0 Å². The van der Waals surface area contributed by atoms with Gasteiger partial charge in [-0.2, -0.15) is 0 Å². The van der Waals surface area contributed by atoms with Gasteiger partial charge in [0.25, 0.3) is 0 Å². The first-order valence-electron chi connectivity index (χ1n) is 12.4. The zero-order chi connectivity index (χ0) is 24.1. The SMILES string of the molecule is CCOc1ccc(Nc2cc(N3C[C@H](C)C[C@@H](C)C3)c3noc4c3c2C(=O)c2ccccc2-4)cc1. The van der Waals surface area contributed by atoms with Gasteiger partial charge in [0.2, 0.25) is 0 Å². The smallest absolute Gasteiger partial charge is 0.196 e. The maximum Gasteiger partial charge on any atom is 0.196 e. The van der Waals surface area contributed by atoms with E-state index in [4.69, 9.17) is 9.26 Å². The van der Waals surface area contributed by atoms with Crippen molar-refractivity contribution in [2.45, 2.75) is 27.2 Å². The highest BCUT2D eigenvalue weighted by Crippen LogP contribution is 2.47. The van der Waals surface area contributed by atoms with Gasteiger partial charge in [-0.15, -0.1) is 0 Å². The van der Waals surface area contributed by atoms with E-state index < -0.39 is 0 Å². The zero-order valence-corrected chi connectivity index (χ0v) is 20.3. The number of carbonyl (C=O) groups is 1. The van der Waals surface area contributed by atoms with Gasteiger partial charge < -0.3 is 19.5 Å². The molecule has 6 rings (SSSR count). The van der Waals surface area contributed by atoms with Crippen LogP contribution in [-0.2, 0) is 0 Å². The molecule has 1 N–H and O–H groups in total. The van der Waals surface area contributed by atoms with Crippen LogP contribution in [0.2, 0.25) is 0 Å². The Balaban J connectivity index is 1.54. The summed E-state index contributed by atoms with van der Waals surface area (Å²) in [6.45, 7) is 9.08. The van der Waals surface area contributed by atoms with E-state index in [0.717, 1.165) is 52.4 Å². The van der Waals surface area contributed by atoms with E-state index in [1.54, 1.807) is 0 Å². The fraction of sp³-hybridized carbons (Fsp3) is 0.310. The molecule has 1 aromatic heterocycles. The number of rotatable bonds is 5. The topological polar surface area (TPSA) is 67.6 Å². The van der Waals surface area contributed by atoms with Gasteiger partial charge in [-0.1, -0.05) is 43.3 Å². The standard InChI is InChI=1S/C29H29N3O3/c1-4-34-20-11-9-19(10-12-20)30-23-14-24(32-15-17(2)13-18(3)16-32)27-26-25(23)28(33)21-7-5-6-8-22(21)29(26)35-31-27/h5-12,14,17-18,30H,4,13,15-16H2,1-3H3/t17-,18-/m1/s1. The van der Waals surface area contributed by atoms with Gasteiger partial charge in [0.15, 0.2) is 11.5 Å². The second kappa shape index (κ2) is 8.45. The number of piperidine rings is 1. The highest BCUT2D eigenvalue weighted by atomic mass is 16.5. The van der Waals surface area contributed by atoms with Crippen molar-refractivity contribution in [1.82, 2.24) is 5.16 Å². The van der Waals surface area contributed by atoms with Crippen molar-refractivity contribution in [3.63, 3.8) is 0 Å². The summed E-state index contributed by atoms with van der Waals surface area (Å²) in [4.78, 5) is 16.2. The Morgan fingerprint density at radius 1 is 1.06 bits per heavy atom. The minimum absolute atomic E-state index is 0.0123. The summed E-state index contributed by atoms with van der Waals surface area (Å²) in [7, 11) is 0. The van der Waals surface area contributed by atoms with Crippen molar-refractivity contribution >= 4 is 33.7 Å². The zero-order valence-electron chi connectivity index (χ0n) is 20.3. The average molecular weight is 468 g/mol. The second-order valence-corrected chi connectivity index (χ2v) is 9.86. The molecule has 6 nitrogen and oxygen atoms in total. The molecule has 178 valence electrons. The first-order valence-corrected chi connectivity index (χ1v) is 12.4. The molecule has 3 aromatic carbocycles. The number of hydrogen-bond donors (Lipinski definition) is 1. The number of aromatic nitrogens is 1. The second-order valence-electron chi connectivity index (χ2n) is 9.86. The number of anilines is 3. The van der Waals surface area contributed by atoms with E-state index in [0.29, 0.717) is 35.3 Å². The minimum Gasteiger partial charge on any atom is -0.494 e. The van der Waals surface area contributed by atoms with Crippen LogP contribution in [0.3, 0.4) is 0 Å². The van der Waals surface area contributed by atoms with Gasteiger partial charge in [0, 0.05) is 29.9 Å². The van der Waals surface area contributed by atoms with Gasteiger partial charge in [0.05, 0.1) is 28.9 Å². The van der Waals surface area contributed by atoms with Crippen molar-refractivity contribution in [2.24, 2.45) is 11.8 Å². The van der Waals surface area contributed by atoms with Crippen molar-refractivity contribution in [3.8, 4) is 17.1 Å². The van der Waals surface area contributed by atoms with Crippen LogP contribution in [0.4, 0.5) is 17.1 Å². The average Bonchev–Trinajstić information content (AvgIpc) is 3.29. The summed E-state index contributed by atoms with van der Waals surface area (Å²) >= 11 is 0. The van der Waals surface area contributed by atoms with Crippen molar-refractivity contribution in [3.05, 3.63) is 65.7 Å². The van der Waals surface area contributed by atoms with Crippen molar-refractivity contribution in [2.75, 3.05) is 29.9 Å². The van der Waals surface area contributed by atoms with Crippen LogP contribution in [0.5, 0.6) is 5.75 Å². The predicted octanol–water partition coefficient (Wildman–Crippen LogP) is 6.66. The lowest BCUT2D eigenvalue weighted by atomic mass is 9.85. The molecule has 0 unspecified atom stereocenters. The van der Waals surface area contributed by atoms with E-state index in [1.807, 2.05) is 55.5 Å². The summed E-state index contributed by atoms with van der Waals surface area (Å²) in [5, 5.41) is 8.84. The molecule has 0 spiro atoms. The number of ketones is 1. The number of ether oxygens (including phenoxy) is 1. The Morgan fingerprint density at radius 2 is 1.77 bits per heavy atom. The first kappa shape index (κ1) is 21.7. The lowest BCUT2D eigenvalue weighted by molar-refractivity contribution is 0.104. The summed E-state index contributed by atoms with van der Waals surface area (Å²) in [6, 6.07) is 17.5. The van der Waals surface area contributed by atoms with E-state index in [2.05, 4.69) is 35.3 Å². The predicted molar refractivity (Wildman–Crippen MR) is 139 cm³/mol. The summed E-state index contributed by atoms with van der Waals surface area (Å²) < 4.78 is 11.5. The highest BCUT2D eigenvalue weighted by Gasteiger charge is 2.34. The van der Waals surface area contributed by atoms with Crippen molar-refractivity contribution in [1.29, 1.82) is 0 Å². The van der Waals surface area contributed by atoms with Crippen molar-refractivity contribution < 1.29 is 14.1 Å². The molecular weight excluding hydrogens is 438 g/mol. The first-order chi connectivity index (χ1) is 17.0. The summed E-state index contributed by atoms with van der Waals surface area (Å²) in [5.74, 6) is 2.63. The maximum atomic E-state index is 13.8. The van der Waals surface area contributed by atoms with Crippen LogP contribution in [0, 0.1) is 11.8 Å². The number of fused-ring (bicyclic) bond motifs is 2. The summed E-state index contributed by atoms with van der Waals surface area (Å²) in [6.07, 6.45) is 1.21. The Bertz CT molecular complexity index is 1410. The molecule has 1 aliphatic heterocycles. The monoisotopic (exact) mass is 467 g/mol. The molecule has 0 saturated carbocycles. The molecule has 1 fully saturated rings. The van der Waals surface area contributed by atoms with Crippen LogP contribution in [0.1, 0.15) is 43.1 Å². The normalized spacial score (nSPS) is 19.1. The van der Waals surface area contributed by atoms with Crippen LogP contribution in [-0.4, -0.2) is 30.6 Å². The van der Waals surface area contributed by atoms with Crippen LogP contribution < -0.4 is 15.0 Å².